The van der Waals surface area contributed by atoms with Gasteiger partial charge in [-0.2, -0.15) is 0 Å². The average molecular weight is 441 g/mol. The van der Waals surface area contributed by atoms with Gasteiger partial charge in [0.2, 0.25) is 0 Å². The molecule has 7 heteroatoms. The zero-order chi connectivity index (χ0) is 19.8. The number of hydrogen-bond acceptors (Lipinski definition) is 3. The second kappa shape index (κ2) is 7.31. The molecule has 1 N–H and O–H groups in total. The van der Waals surface area contributed by atoms with Crippen LogP contribution in [0.25, 0.3) is 5.69 Å². The molecule has 142 valence electrons. The average Bonchev–Trinajstić information content (AvgIpc) is 3.00. The molecule has 1 amide bonds. The molecule has 0 bridgehead atoms. The second-order valence-electron chi connectivity index (χ2n) is 6.84. The molecule has 4 rings (SSSR count). The van der Waals surface area contributed by atoms with Crippen LogP contribution >= 0.6 is 15.9 Å². The Labute approximate surface area is 170 Å². The van der Waals surface area contributed by atoms with E-state index in [9.17, 15) is 9.18 Å². The predicted octanol–water partition coefficient (Wildman–Crippen LogP) is 4.26. The summed E-state index contributed by atoms with van der Waals surface area (Å²) in [5.74, 6) is -0.591. The quantitative estimate of drug-likeness (QED) is 0.661. The molecule has 3 aromatic rings. The maximum Gasteiger partial charge on any atom is 0.272 e. The highest BCUT2D eigenvalue weighted by molar-refractivity contribution is 9.10. The highest BCUT2D eigenvalue weighted by atomic mass is 79.9. The van der Waals surface area contributed by atoms with E-state index in [1.54, 1.807) is 12.4 Å². The standard InChI is InChI=1S/C21H18BrFN4O/c1-12(2)26-21(28)20-18-10-24-19(14-5-3-4-6-16(14)22)15-9-13(23)7-8-17(15)27(18)11-25-20/h3-9,11-12H,10H2,1-2H3,(H,26,28). The van der Waals surface area contributed by atoms with E-state index < -0.39 is 0 Å². The number of aliphatic imine (C=N–C) groups is 1. The zero-order valence-corrected chi connectivity index (χ0v) is 17.0. The van der Waals surface area contributed by atoms with Crippen LogP contribution in [0.1, 0.15) is 41.2 Å². The van der Waals surface area contributed by atoms with Gasteiger partial charge in [0, 0.05) is 21.6 Å². The Morgan fingerprint density at radius 1 is 1.21 bits per heavy atom. The minimum absolute atomic E-state index is 0.00338. The molecule has 2 aromatic carbocycles. The van der Waals surface area contributed by atoms with Gasteiger partial charge >= 0.3 is 0 Å². The van der Waals surface area contributed by atoms with Crippen LogP contribution in [0, 0.1) is 5.82 Å². The van der Waals surface area contributed by atoms with Crippen molar-refractivity contribution in [3.63, 3.8) is 0 Å². The van der Waals surface area contributed by atoms with Crippen molar-refractivity contribution in [2.75, 3.05) is 0 Å². The van der Waals surface area contributed by atoms with Crippen molar-refractivity contribution in [2.45, 2.75) is 26.4 Å². The van der Waals surface area contributed by atoms with Gasteiger partial charge in [-0.05, 0) is 38.1 Å². The summed E-state index contributed by atoms with van der Waals surface area (Å²) in [5, 5.41) is 2.87. The van der Waals surface area contributed by atoms with Crippen molar-refractivity contribution < 1.29 is 9.18 Å². The molecule has 0 aliphatic carbocycles. The summed E-state index contributed by atoms with van der Waals surface area (Å²) in [6.07, 6.45) is 1.60. The second-order valence-corrected chi connectivity index (χ2v) is 7.70. The van der Waals surface area contributed by atoms with Crippen molar-refractivity contribution in [1.29, 1.82) is 0 Å². The van der Waals surface area contributed by atoms with Crippen LogP contribution in [0.5, 0.6) is 0 Å². The molecule has 1 aromatic heterocycles. The van der Waals surface area contributed by atoms with Gasteiger partial charge < -0.3 is 5.32 Å². The lowest BCUT2D eigenvalue weighted by Gasteiger charge is -2.13. The number of fused-ring (bicyclic) bond motifs is 3. The molecule has 0 atom stereocenters. The zero-order valence-electron chi connectivity index (χ0n) is 15.4. The van der Waals surface area contributed by atoms with E-state index in [1.165, 1.54) is 12.1 Å². The molecule has 5 nitrogen and oxygen atoms in total. The van der Waals surface area contributed by atoms with Crippen molar-refractivity contribution in [1.82, 2.24) is 14.9 Å². The van der Waals surface area contributed by atoms with Crippen LogP contribution in [0.15, 0.2) is 58.3 Å². The highest BCUT2D eigenvalue weighted by Crippen LogP contribution is 2.29. The third-order valence-corrected chi connectivity index (χ3v) is 5.18. The molecule has 0 unspecified atom stereocenters. The minimum atomic E-state index is -0.347. The van der Waals surface area contributed by atoms with Gasteiger partial charge in [0.1, 0.15) is 12.1 Å². The summed E-state index contributed by atoms with van der Waals surface area (Å²) in [5.41, 5.74) is 3.93. The van der Waals surface area contributed by atoms with Gasteiger partial charge in [0.25, 0.3) is 5.91 Å². The number of carbonyl (C=O) groups excluding carboxylic acids is 1. The minimum Gasteiger partial charge on any atom is -0.348 e. The fraction of sp³-hybridized carbons (Fsp3) is 0.190. The lowest BCUT2D eigenvalue weighted by Crippen LogP contribution is -2.31. The van der Waals surface area contributed by atoms with E-state index in [0.29, 0.717) is 22.7 Å². The number of nitrogens with one attached hydrogen (secondary N) is 1. The number of amides is 1. The summed E-state index contributed by atoms with van der Waals surface area (Å²) >= 11 is 3.56. The molecule has 28 heavy (non-hydrogen) atoms. The Bertz CT molecular complexity index is 1100. The molecule has 0 saturated heterocycles. The summed E-state index contributed by atoms with van der Waals surface area (Å²) in [7, 11) is 0. The van der Waals surface area contributed by atoms with Crippen LogP contribution < -0.4 is 5.32 Å². The van der Waals surface area contributed by atoms with Gasteiger partial charge in [-0.1, -0.05) is 34.1 Å². The summed E-state index contributed by atoms with van der Waals surface area (Å²) < 4.78 is 16.8. The number of nitrogens with zero attached hydrogens (tertiary/aromatic N) is 3. The Morgan fingerprint density at radius 3 is 2.75 bits per heavy atom. The lowest BCUT2D eigenvalue weighted by molar-refractivity contribution is 0.0937. The first-order valence-corrected chi connectivity index (χ1v) is 9.71. The number of rotatable bonds is 3. The SMILES string of the molecule is CC(C)NC(=O)c1ncn2c1CN=C(c1ccccc1Br)c1cc(F)ccc1-2. The number of aromatic nitrogens is 2. The van der Waals surface area contributed by atoms with Crippen LogP contribution in [0.2, 0.25) is 0 Å². The molecule has 1 aliphatic heterocycles. The van der Waals surface area contributed by atoms with Crippen molar-refractivity contribution >= 4 is 27.5 Å². The Kier molecular flexibility index (Phi) is 4.85. The number of benzene rings is 2. The van der Waals surface area contributed by atoms with E-state index in [1.807, 2.05) is 42.7 Å². The lowest BCUT2D eigenvalue weighted by atomic mass is 10.0. The number of imidazole rings is 1. The van der Waals surface area contributed by atoms with Crippen LogP contribution in [-0.4, -0.2) is 27.2 Å². The number of halogens is 2. The first-order chi connectivity index (χ1) is 13.5. The molecule has 0 spiro atoms. The van der Waals surface area contributed by atoms with Gasteiger partial charge in [-0.3, -0.25) is 14.4 Å². The van der Waals surface area contributed by atoms with Crippen molar-refractivity contribution in [3.8, 4) is 5.69 Å². The highest BCUT2D eigenvalue weighted by Gasteiger charge is 2.25. The summed E-state index contributed by atoms with van der Waals surface area (Å²) in [4.78, 5) is 21.6. The van der Waals surface area contributed by atoms with Gasteiger partial charge in [0.05, 0.1) is 23.6 Å². The van der Waals surface area contributed by atoms with E-state index in [2.05, 4.69) is 26.2 Å². The van der Waals surface area contributed by atoms with E-state index in [4.69, 9.17) is 4.99 Å². The first-order valence-electron chi connectivity index (χ1n) is 8.92. The number of hydrogen-bond donors (Lipinski definition) is 1. The van der Waals surface area contributed by atoms with E-state index >= 15 is 0 Å². The molecule has 0 radical (unpaired) electrons. The van der Waals surface area contributed by atoms with Crippen molar-refractivity contribution in [2.24, 2.45) is 4.99 Å². The van der Waals surface area contributed by atoms with Crippen molar-refractivity contribution in [3.05, 3.63) is 81.6 Å². The van der Waals surface area contributed by atoms with E-state index in [0.717, 1.165) is 15.7 Å². The summed E-state index contributed by atoms with van der Waals surface area (Å²) in [6, 6.07) is 12.2. The first kappa shape index (κ1) is 18.6. The largest absolute Gasteiger partial charge is 0.348 e. The molecule has 0 saturated carbocycles. The molecule has 0 fully saturated rings. The van der Waals surface area contributed by atoms with Gasteiger partial charge in [-0.25, -0.2) is 9.37 Å². The Morgan fingerprint density at radius 2 is 2.00 bits per heavy atom. The maximum atomic E-state index is 14.1. The maximum absolute atomic E-state index is 14.1. The topological polar surface area (TPSA) is 59.3 Å². The monoisotopic (exact) mass is 440 g/mol. The smallest absolute Gasteiger partial charge is 0.272 e. The van der Waals surface area contributed by atoms with Crippen LogP contribution in [0.4, 0.5) is 4.39 Å². The predicted molar refractivity (Wildman–Crippen MR) is 110 cm³/mol. The third kappa shape index (κ3) is 3.26. The Hall–Kier alpha value is -2.80. The van der Waals surface area contributed by atoms with Gasteiger partial charge in [-0.15, -0.1) is 0 Å². The molecule has 2 heterocycles. The Balaban J connectivity index is 1.91. The van der Waals surface area contributed by atoms with E-state index in [-0.39, 0.29) is 24.3 Å². The fourth-order valence-corrected chi connectivity index (χ4v) is 3.76. The molecular formula is C21H18BrFN4O. The number of carbonyl (C=O) groups is 1. The third-order valence-electron chi connectivity index (χ3n) is 4.49. The normalized spacial score (nSPS) is 12.8. The van der Waals surface area contributed by atoms with Crippen LogP contribution in [0.3, 0.4) is 0 Å². The van der Waals surface area contributed by atoms with Gasteiger partial charge in [0.15, 0.2) is 5.69 Å². The fourth-order valence-electron chi connectivity index (χ4n) is 3.28. The van der Waals surface area contributed by atoms with Crippen LogP contribution in [-0.2, 0) is 6.54 Å². The summed E-state index contributed by atoms with van der Waals surface area (Å²) in [6.45, 7) is 4.05. The molecular weight excluding hydrogens is 423 g/mol. The molecule has 1 aliphatic rings.